The smallest absolute Gasteiger partial charge is 0.0351 e. The third kappa shape index (κ3) is 23.5. The Morgan fingerprint density at radius 3 is 1.39 bits per heavy atom. The Labute approximate surface area is 179 Å². The summed E-state index contributed by atoms with van der Waals surface area (Å²) in [5.41, 5.74) is 0. The first kappa shape index (κ1) is 27.5. The summed E-state index contributed by atoms with van der Waals surface area (Å²) in [4.78, 5) is 0. The van der Waals surface area contributed by atoms with Crippen LogP contribution in [-0.4, -0.2) is 0 Å². The van der Waals surface area contributed by atoms with Gasteiger partial charge in [-0.15, -0.1) is 0 Å². The van der Waals surface area contributed by atoms with Gasteiger partial charge in [0.05, 0.1) is 0 Å². The minimum Gasteiger partial charge on any atom is -0.0885 e. The highest BCUT2D eigenvalue weighted by molar-refractivity contribution is 4.82. The van der Waals surface area contributed by atoms with Gasteiger partial charge in [0.1, 0.15) is 0 Å². The van der Waals surface area contributed by atoms with Crippen molar-refractivity contribution < 1.29 is 0 Å². The second-order valence-corrected chi connectivity index (χ2v) is 9.50. The zero-order chi connectivity index (χ0) is 20.7. The van der Waals surface area contributed by atoms with Crippen LogP contribution in [0.4, 0.5) is 0 Å². The molecule has 0 saturated carbocycles. The van der Waals surface area contributed by atoms with E-state index < -0.39 is 0 Å². The SMILES string of the molecule is CCCC=CCCCCCCCCCCC=CCCCC(C)CCCC(C)C. The van der Waals surface area contributed by atoms with Gasteiger partial charge in [-0.25, -0.2) is 0 Å². The van der Waals surface area contributed by atoms with E-state index in [0.717, 1.165) is 11.8 Å². The molecule has 0 radical (unpaired) electrons. The van der Waals surface area contributed by atoms with Crippen LogP contribution in [-0.2, 0) is 0 Å². The maximum atomic E-state index is 2.44. The van der Waals surface area contributed by atoms with Gasteiger partial charge in [0, 0.05) is 0 Å². The monoisotopic (exact) mass is 390 g/mol. The average Bonchev–Trinajstić information content (AvgIpc) is 2.66. The lowest BCUT2D eigenvalue weighted by atomic mass is 9.95. The van der Waals surface area contributed by atoms with E-state index in [1.165, 1.54) is 116 Å². The molecule has 0 N–H and O–H groups in total. The summed E-state index contributed by atoms with van der Waals surface area (Å²) in [5, 5.41) is 0. The Balaban J connectivity index is 3.21. The lowest BCUT2D eigenvalue weighted by Crippen LogP contribution is -1.96. The normalized spacial score (nSPS) is 13.3. The van der Waals surface area contributed by atoms with E-state index in [-0.39, 0.29) is 0 Å². The van der Waals surface area contributed by atoms with Crippen LogP contribution in [0.5, 0.6) is 0 Å². The van der Waals surface area contributed by atoms with Gasteiger partial charge in [0.15, 0.2) is 0 Å². The zero-order valence-electron chi connectivity index (χ0n) is 20.2. The van der Waals surface area contributed by atoms with E-state index in [9.17, 15) is 0 Å². The fraction of sp³-hybridized carbons (Fsp3) is 0.857. The van der Waals surface area contributed by atoms with Gasteiger partial charge in [-0.2, -0.15) is 0 Å². The molecule has 0 aromatic rings. The van der Waals surface area contributed by atoms with Crippen LogP contribution in [0.25, 0.3) is 0 Å². The van der Waals surface area contributed by atoms with Crippen LogP contribution in [0.3, 0.4) is 0 Å². The molecule has 1 unspecified atom stereocenters. The average molecular weight is 391 g/mol. The minimum atomic E-state index is 0.873. The zero-order valence-corrected chi connectivity index (χ0v) is 20.2. The summed E-state index contributed by atoms with van der Waals surface area (Å²) < 4.78 is 0. The van der Waals surface area contributed by atoms with E-state index in [2.05, 4.69) is 52.0 Å². The first-order valence-electron chi connectivity index (χ1n) is 13.0. The van der Waals surface area contributed by atoms with Gasteiger partial charge in [0.25, 0.3) is 0 Å². The second-order valence-electron chi connectivity index (χ2n) is 9.50. The van der Waals surface area contributed by atoms with Crippen LogP contribution in [0.1, 0.15) is 143 Å². The summed E-state index contributed by atoms with van der Waals surface area (Å²) in [6.07, 6.45) is 34.5. The second kappa shape index (κ2) is 22.8. The van der Waals surface area contributed by atoms with Crippen molar-refractivity contribution in [3.8, 4) is 0 Å². The third-order valence-corrected chi connectivity index (χ3v) is 5.83. The van der Waals surface area contributed by atoms with E-state index in [4.69, 9.17) is 0 Å². The molecule has 0 aromatic carbocycles. The highest BCUT2D eigenvalue weighted by Gasteiger charge is 2.02. The quantitative estimate of drug-likeness (QED) is 0.135. The molecule has 0 aliphatic carbocycles. The fourth-order valence-corrected chi connectivity index (χ4v) is 3.83. The Hall–Kier alpha value is -0.520. The lowest BCUT2D eigenvalue weighted by Gasteiger charge is -2.11. The van der Waals surface area contributed by atoms with Crippen molar-refractivity contribution in [2.24, 2.45) is 11.8 Å². The standard InChI is InChI=1S/C28H54/c1-5-6-7-8-9-10-11-12-13-14-15-16-17-18-19-20-21-22-25-28(4)26-23-24-27(2)3/h7-8,19-20,27-28H,5-6,9-18,21-26H2,1-4H3. The molecular formula is C28H54. The van der Waals surface area contributed by atoms with E-state index >= 15 is 0 Å². The molecule has 0 nitrogen and oxygen atoms in total. The summed E-state index contributed by atoms with van der Waals surface area (Å²) in [7, 11) is 0. The number of unbranched alkanes of at least 4 members (excludes halogenated alkanes) is 11. The fourth-order valence-electron chi connectivity index (χ4n) is 3.83. The number of hydrogen-bond acceptors (Lipinski definition) is 0. The number of rotatable bonds is 21. The van der Waals surface area contributed by atoms with Crippen LogP contribution >= 0.6 is 0 Å². The van der Waals surface area contributed by atoms with Gasteiger partial charge in [-0.3, -0.25) is 0 Å². The molecule has 0 rings (SSSR count). The van der Waals surface area contributed by atoms with E-state index in [1.807, 2.05) is 0 Å². The molecule has 0 aliphatic rings. The summed E-state index contributed by atoms with van der Waals surface area (Å²) in [6.45, 7) is 9.36. The summed E-state index contributed by atoms with van der Waals surface area (Å²) >= 11 is 0. The van der Waals surface area contributed by atoms with Crippen LogP contribution in [0, 0.1) is 11.8 Å². The maximum Gasteiger partial charge on any atom is -0.0351 e. The highest BCUT2D eigenvalue weighted by Crippen LogP contribution is 2.17. The first-order chi connectivity index (χ1) is 13.7. The van der Waals surface area contributed by atoms with Crippen LogP contribution in [0.15, 0.2) is 24.3 Å². The molecule has 0 aliphatic heterocycles. The predicted molar refractivity (Wildman–Crippen MR) is 131 cm³/mol. The molecule has 28 heavy (non-hydrogen) atoms. The maximum absolute atomic E-state index is 2.44. The Morgan fingerprint density at radius 2 is 0.893 bits per heavy atom. The van der Waals surface area contributed by atoms with Crippen molar-refractivity contribution in [1.82, 2.24) is 0 Å². The first-order valence-corrected chi connectivity index (χ1v) is 13.0. The summed E-state index contributed by atoms with van der Waals surface area (Å²) in [6, 6.07) is 0. The Morgan fingerprint density at radius 1 is 0.464 bits per heavy atom. The summed E-state index contributed by atoms with van der Waals surface area (Å²) in [5.74, 6) is 1.79. The van der Waals surface area contributed by atoms with Crippen molar-refractivity contribution in [3.05, 3.63) is 24.3 Å². The van der Waals surface area contributed by atoms with Gasteiger partial charge in [0.2, 0.25) is 0 Å². The molecule has 166 valence electrons. The molecule has 0 spiro atoms. The molecule has 0 saturated heterocycles. The molecule has 0 heteroatoms. The lowest BCUT2D eigenvalue weighted by molar-refractivity contribution is 0.428. The Kier molecular flexibility index (Phi) is 22.3. The molecule has 0 heterocycles. The highest BCUT2D eigenvalue weighted by atomic mass is 14.1. The van der Waals surface area contributed by atoms with Gasteiger partial charge < -0.3 is 0 Å². The largest absolute Gasteiger partial charge is 0.0885 e. The van der Waals surface area contributed by atoms with Crippen molar-refractivity contribution in [2.45, 2.75) is 143 Å². The van der Waals surface area contributed by atoms with Crippen molar-refractivity contribution in [2.75, 3.05) is 0 Å². The van der Waals surface area contributed by atoms with Crippen LogP contribution in [0.2, 0.25) is 0 Å². The molecule has 0 aromatic heterocycles. The molecule has 0 bridgehead atoms. The van der Waals surface area contributed by atoms with Gasteiger partial charge in [-0.1, -0.05) is 123 Å². The number of hydrogen-bond donors (Lipinski definition) is 0. The molecule has 0 fully saturated rings. The molecule has 1 atom stereocenters. The molecular weight excluding hydrogens is 336 g/mol. The minimum absolute atomic E-state index is 0.873. The van der Waals surface area contributed by atoms with E-state index in [0.29, 0.717) is 0 Å². The van der Waals surface area contributed by atoms with Gasteiger partial charge >= 0.3 is 0 Å². The van der Waals surface area contributed by atoms with Crippen molar-refractivity contribution >= 4 is 0 Å². The van der Waals surface area contributed by atoms with Gasteiger partial charge in [-0.05, 0) is 56.8 Å². The third-order valence-electron chi connectivity index (χ3n) is 5.83. The van der Waals surface area contributed by atoms with Crippen LogP contribution < -0.4 is 0 Å². The number of allylic oxidation sites excluding steroid dienone is 4. The van der Waals surface area contributed by atoms with E-state index in [1.54, 1.807) is 0 Å². The topological polar surface area (TPSA) is 0 Å². The molecule has 0 amide bonds. The van der Waals surface area contributed by atoms with Crippen molar-refractivity contribution in [3.63, 3.8) is 0 Å². The van der Waals surface area contributed by atoms with Crippen molar-refractivity contribution in [1.29, 1.82) is 0 Å². The Bertz CT molecular complexity index is 336. The predicted octanol–water partition coefficient (Wildman–Crippen LogP) is 10.4.